The maximum atomic E-state index is 6.09. The quantitative estimate of drug-likeness (QED) is 0.443. The molecule has 0 radical (unpaired) electrons. The lowest BCUT2D eigenvalue weighted by Crippen LogP contribution is -2.12. The number of benzene rings is 3. The Hall–Kier alpha value is -2.54. The topological polar surface area (TPSA) is 9.23 Å². The molecule has 3 aromatic rings. The molecular formula is C21H18O. The maximum absolute atomic E-state index is 6.09. The largest absolute Gasteiger partial charge is 0.457 e. The summed E-state index contributed by atoms with van der Waals surface area (Å²) in [6.45, 7) is 4.34. The SMILES string of the molecule is Cc1ccc(C2c3ccccc3Oc3ccccc32)c(C)c1. The highest BCUT2D eigenvalue weighted by Crippen LogP contribution is 2.47. The van der Waals surface area contributed by atoms with Crippen molar-refractivity contribution in [1.82, 2.24) is 0 Å². The molecule has 0 unspecified atom stereocenters. The molecule has 0 N–H and O–H groups in total. The van der Waals surface area contributed by atoms with E-state index in [9.17, 15) is 0 Å². The van der Waals surface area contributed by atoms with Crippen molar-refractivity contribution in [3.05, 3.63) is 94.5 Å². The second kappa shape index (κ2) is 5.03. The normalized spacial score (nSPS) is 13.2. The minimum absolute atomic E-state index is 0.238. The summed E-state index contributed by atoms with van der Waals surface area (Å²) in [6.07, 6.45) is 0. The van der Waals surface area contributed by atoms with Crippen molar-refractivity contribution >= 4 is 0 Å². The number of para-hydroxylation sites is 2. The summed E-state index contributed by atoms with van der Waals surface area (Å²) >= 11 is 0. The molecule has 1 aliphatic rings. The van der Waals surface area contributed by atoms with Crippen LogP contribution in [0.15, 0.2) is 66.7 Å². The Morgan fingerprint density at radius 1 is 0.682 bits per heavy atom. The zero-order chi connectivity index (χ0) is 15.1. The molecule has 0 spiro atoms. The summed E-state index contributed by atoms with van der Waals surface area (Å²) in [6, 6.07) is 23.4. The van der Waals surface area contributed by atoms with E-state index < -0.39 is 0 Å². The van der Waals surface area contributed by atoms with Gasteiger partial charge in [-0.25, -0.2) is 0 Å². The average molecular weight is 286 g/mol. The van der Waals surface area contributed by atoms with Gasteiger partial charge in [0.25, 0.3) is 0 Å². The van der Waals surface area contributed by atoms with E-state index >= 15 is 0 Å². The zero-order valence-electron chi connectivity index (χ0n) is 12.8. The van der Waals surface area contributed by atoms with E-state index in [0.717, 1.165) is 11.5 Å². The average Bonchev–Trinajstić information content (AvgIpc) is 2.53. The van der Waals surface area contributed by atoms with Gasteiger partial charge < -0.3 is 4.74 Å². The molecule has 3 aromatic carbocycles. The molecule has 0 amide bonds. The van der Waals surface area contributed by atoms with Gasteiger partial charge in [-0.2, -0.15) is 0 Å². The van der Waals surface area contributed by atoms with Gasteiger partial charge in [-0.15, -0.1) is 0 Å². The van der Waals surface area contributed by atoms with E-state index in [0.29, 0.717) is 0 Å². The highest BCUT2D eigenvalue weighted by molar-refractivity contribution is 5.59. The van der Waals surface area contributed by atoms with Gasteiger partial charge in [0.1, 0.15) is 11.5 Å². The number of aryl methyl sites for hydroxylation is 2. The van der Waals surface area contributed by atoms with Gasteiger partial charge in [0.15, 0.2) is 0 Å². The van der Waals surface area contributed by atoms with Crippen molar-refractivity contribution in [2.45, 2.75) is 19.8 Å². The van der Waals surface area contributed by atoms with Gasteiger partial charge in [-0.05, 0) is 37.1 Å². The van der Waals surface area contributed by atoms with Gasteiger partial charge in [0, 0.05) is 17.0 Å². The molecule has 0 fully saturated rings. The predicted molar refractivity (Wildman–Crippen MR) is 89.8 cm³/mol. The van der Waals surface area contributed by atoms with E-state index in [1.165, 1.54) is 27.8 Å². The summed E-state index contributed by atoms with van der Waals surface area (Å²) < 4.78 is 6.09. The summed E-state index contributed by atoms with van der Waals surface area (Å²) in [5, 5.41) is 0. The van der Waals surface area contributed by atoms with Crippen LogP contribution < -0.4 is 4.74 Å². The Balaban J connectivity index is 1.98. The summed E-state index contributed by atoms with van der Waals surface area (Å²) in [7, 11) is 0. The van der Waals surface area contributed by atoms with Crippen LogP contribution in [0.5, 0.6) is 11.5 Å². The summed E-state index contributed by atoms with van der Waals surface area (Å²) in [5.41, 5.74) is 6.47. The lowest BCUT2D eigenvalue weighted by atomic mass is 9.80. The molecule has 108 valence electrons. The monoisotopic (exact) mass is 286 g/mol. The third kappa shape index (κ3) is 2.01. The molecule has 0 saturated heterocycles. The first-order valence-corrected chi connectivity index (χ1v) is 7.67. The van der Waals surface area contributed by atoms with Crippen molar-refractivity contribution in [1.29, 1.82) is 0 Å². The van der Waals surface area contributed by atoms with Crippen LogP contribution in [-0.2, 0) is 0 Å². The third-order valence-corrected chi connectivity index (χ3v) is 4.42. The molecule has 1 heteroatoms. The summed E-state index contributed by atoms with van der Waals surface area (Å²) in [4.78, 5) is 0. The Kier molecular flexibility index (Phi) is 3.00. The second-order valence-electron chi connectivity index (χ2n) is 5.97. The predicted octanol–water partition coefficient (Wildman–Crippen LogP) is 5.59. The van der Waals surface area contributed by atoms with Gasteiger partial charge in [0.2, 0.25) is 0 Å². The van der Waals surface area contributed by atoms with Crippen LogP contribution in [0.2, 0.25) is 0 Å². The van der Waals surface area contributed by atoms with Crippen LogP contribution in [-0.4, -0.2) is 0 Å². The van der Waals surface area contributed by atoms with Crippen molar-refractivity contribution in [2.24, 2.45) is 0 Å². The number of hydrogen-bond acceptors (Lipinski definition) is 1. The Morgan fingerprint density at radius 2 is 1.27 bits per heavy atom. The van der Waals surface area contributed by atoms with Gasteiger partial charge >= 0.3 is 0 Å². The maximum Gasteiger partial charge on any atom is 0.131 e. The smallest absolute Gasteiger partial charge is 0.131 e. The van der Waals surface area contributed by atoms with E-state index in [-0.39, 0.29) is 5.92 Å². The highest BCUT2D eigenvalue weighted by atomic mass is 16.5. The van der Waals surface area contributed by atoms with Crippen LogP contribution in [0, 0.1) is 13.8 Å². The molecule has 1 heterocycles. The molecular weight excluding hydrogens is 268 g/mol. The van der Waals surface area contributed by atoms with Crippen molar-refractivity contribution < 1.29 is 4.74 Å². The molecule has 1 nitrogen and oxygen atoms in total. The number of rotatable bonds is 1. The van der Waals surface area contributed by atoms with E-state index in [4.69, 9.17) is 4.74 Å². The number of ether oxygens (including phenoxy) is 1. The Bertz CT molecular complexity index is 803. The molecule has 4 rings (SSSR count). The molecule has 1 aliphatic heterocycles. The van der Waals surface area contributed by atoms with Crippen LogP contribution in [0.4, 0.5) is 0 Å². The van der Waals surface area contributed by atoms with Gasteiger partial charge in [-0.3, -0.25) is 0 Å². The molecule has 0 saturated carbocycles. The third-order valence-electron chi connectivity index (χ3n) is 4.42. The minimum atomic E-state index is 0.238. The van der Waals surface area contributed by atoms with Crippen LogP contribution in [0.25, 0.3) is 0 Å². The number of fused-ring (bicyclic) bond motifs is 2. The van der Waals surface area contributed by atoms with Gasteiger partial charge in [-0.1, -0.05) is 60.2 Å². The Labute approximate surface area is 131 Å². The standard InChI is InChI=1S/C21H18O/c1-14-11-12-16(15(2)13-14)21-17-7-3-5-9-19(17)22-20-10-6-4-8-18(20)21/h3-13,21H,1-2H3. The van der Waals surface area contributed by atoms with Crippen molar-refractivity contribution in [3.63, 3.8) is 0 Å². The first-order chi connectivity index (χ1) is 10.7. The summed E-state index contributed by atoms with van der Waals surface area (Å²) in [5.74, 6) is 2.17. The molecule has 22 heavy (non-hydrogen) atoms. The molecule has 0 bridgehead atoms. The first kappa shape index (κ1) is 13.1. The van der Waals surface area contributed by atoms with Crippen LogP contribution in [0.3, 0.4) is 0 Å². The fourth-order valence-corrected chi connectivity index (χ4v) is 3.39. The van der Waals surface area contributed by atoms with E-state index in [2.05, 4.69) is 68.4 Å². The van der Waals surface area contributed by atoms with E-state index in [1.807, 2.05) is 12.1 Å². The molecule has 0 atom stereocenters. The molecule has 0 aromatic heterocycles. The fourth-order valence-electron chi connectivity index (χ4n) is 3.39. The first-order valence-electron chi connectivity index (χ1n) is 7.67. The Morgan fingerprint density at radius 3 is 1.86 bits per heavy atom. The lowest BCUT2D eigenvalue weighted by molar-refractivity contribution is 0.452. The van der Waals surface area contributed by atoms with E-state index in [1.54, 1.807) is 0 Å². The number of hydrogen-bond donors (Lipinski definition) is 0. The van der Waals surface area contributed by atoms with Crippen molar-refractivity contribution in [2.75, 3.05) is 0 Å². The van der Waals surface area contributed by atoms with Crippen molar-refractivity contribution in [3.8, 4) is 11.5 Å². The minimum Gasteiger partial charge on any atom is -0.457 e. The van der Waals surface area contributed by atoms with Crippen LogP contribution in [0.1, 0.15) is 33.7 Å². The fraction of sp³-hybridized carbons (Fsp3) is 0.143. The molecule has 0 aliphatic carbocycles. The van der Waals surface area contributed by atoms with Crippen LogP contribution >= 0.6 is 0 Å². The van der Waals surface area contributed by atoms with Gasteiger partial charge in [0.05, 0.1) is 0 Å². The zero-order valence-corrected chi connectivity index (χ0v) is 12.8. The lowest BCUT2D eigenvalue weighted by Gasteiger charge is -2.29. The highest BCUT2D eigenvalue weighted by Gasteiger charge is 2.28. The second-order valence-corrected chi connectivity index (χ2v) is 5.97.